The maximum absolute atomic E-state index is 12.9. The van der Waals surface area contributed by atoms with Crippen LogP contribution in [0.3, 0.4) is 0 Å². The Morgan fingerprint density at radius 3 is 2.96 bits per heavy atom. The zero-order chi connectivity index (χ0) is 16.4. The molecule has 0 aromatic rings. The number of rotatable bonds is 2. The smallest absolute Gasteiger partial charge is 0.414 e. The summed E-state index contributed by atoms with van der Waals surface area (Å²) < 4.78 is 16.9. The molecule has 0 aromatic carbocycles. The fourth-order valence-corrected chi connectivity index (χ4v) is 3.18. The summed E-state index contributed by atoms with van der Waals surface area (Å²) in [5, 5.41) is 3.37. The van der Waals surface area contributed by atoms with Crippen molar-refractivity contribution in [3.63, 3.8) is 0 Å². The van der Waals surface area contributed by atoms with Crippen molar-refractivity contribution in [1.29, 1.82) is 0 Å². The van der Waals surface area contributed by atoms with Crippen molar-refractivity contribution < 1.29 is 19.0 Å². The van der Waals surface area contributed by atoms with Crippen LogP contribution in [0.15, 0.2) is 23.6 Å². The van der Waals surface area contributed by atoms with Crippen LogP contribution < -0.4 is 5.32 Å². The Balaban J connectivity index is 1.89. The second-order valence-electron chi connectivity index (χ2n) is 7.14. The van der Waals surface area contributed by atoms with Crippen molar-refractivity contribution in [2.75, 3.05) is 19.9 Å². The van der Waals surface area contributed by atoms with Gasteiger partial charge in [-0.15, -0.1) is 0 Å². The monoisotopic (exact) mass is 322 g/mol. The van der Waals surface area contributed by atoms with Gasteiger partial charge in [-0.1, -0.05) is 12.2 Å². The van der Waals surface area contributed by atoms with Crippen molar-refractivity contribution in [3.8, 4) is 0 Å². The first-order valence-corrected chi connectivity index (χ1v) is 8.33. The number of hydrogen-bond donors (Lipinski definition) is 1. The summed E-state index contributed by atoms with van der Waals surface area (Å²) in [6.45, 7) is 7.66. The molecule has 2 heterocycles. The molecule has 0 radical (unpaired) electrons. The van der Waals surface area contributed by atoms with Gasteiger partial charge in [0.05, 0.1) is 11.7 Å². The number of amides is 1. The average Bonchev–Trinajstić information content (AvgIpc) is 2.96. The van der Waals surface area contributed by atoms with E-state index in [9.17, 15) is 4.79 Å². The first-order chi connectivity index (χ1) is 11.0. The molecule has 0 aromatic heterocycles. The predicted octanol–water partition coefficient (Wildman–Crippen LogP) is 2.52. The maximum atomic E-state index is 12.9. The van der Waals surface area contributed by atoms with Crippen molar-refractivity contribution >= 4 is 6.09 Å². The lowest BCUT2D eigenvalue weighted by molar-refractivity contribution is 0.0198. The molecule has 3 aliphatic rings. The molecule has 1 amide bonds. The highest BCUT2D eigenvalue weighted by atomic mass is 16.7. The lowest BCUT2D eigenvalue weighted by atomic mass is 10.0. The summed E-state index contributed by atoms with van der Waals surface area (Å²) in [5.74, 6) is 0.754. The van der Waals surface area contributed by atoms with E-state index in [1.807, 2.05) is 32.9 Å². The fourth-order valence-electron chi connectivity index (χ4n) is 3.18. The van der Waals surface area contributed by atoms with Crippen molar-refractivity contribution in [2.45, 2.75) is 57.8 Å². The minimum atomic E-state index is -0.528. The molecule has 23 heavy (non-hydrogen) atoms. The van der Waals surface area contributed by atoms with Crippen LogP contribution in [0.4, 0.5) is 4.79 Å². The fraction of sp³-hybridized carbons (Fsp3) is 0.706. The highest BCUT2D eigenvalue weighted by molar-refractivity contribution is 5.71. The Bertz CT molecular complexity index is 515. The zero-order valence-corrected chi connectivity index (χ0v) is 14.1. The van der Waals surface area contributed by atoms with Gasteiger partial charge in [-0.3, -0.25) is 4.90 Å². The molecule has 3 rings (SSSR count). The lowest BCUT2D eigenvalue weighted by Gasteiger charge is -2.38. The Morgan fingerprint density at radius 1 is 1.43 bits per heavy atom. The van der Waals surface area contributed by atoms with Gasteiger partial charge in [0.25, 0.3) is 0 Å². The normalized spacial score (nSPS) is 27.4. The molecule has 2 aliphatic heterocycles. The lowest BCUT2D eigenvalue weighted by Crippen LogP contribution is -2.50. The van der Waals surface area contributed by atoms with Crippen LogP contribution >= 0.6 is 0 Å². The molecule has 6 heteroatoms. The third-order valence-corrected chi connectivity index (χ3v) is 4.14. The molecular formula is C17H26N2O4. The number of carbonyl (C=O) groups is 1. The number of hydrogen-bond acceptors (Lipinski definition) is 5. The number of piperidine rings is 1. The molecule has 128 valence electrons. The molecule has 2 unspecified atom stereocenters. The first-order valence-electron chi connectivity index (χ1n) is 8.33. The Labute approximate surface area is 137 Å². The number of nitrogens with one attached hydrogen (secondary N) is 1. The van der Waals surface area contributed by atoms with E-state index in [1.54, 1.807) is 4.90 Å². The predicted molar refractivity (Wildman–Crippen MR) is 85.6 cm³/mol. The van der Waals surface area contributed by atoms with Gasteiger partial charge in [0.2, 0.25) is 0 Å². The molecule has 0 saturated carbocycles. The van der Waals surface area contributed by atoms with E-state index in [-0.39, 0.29) is 25.0 Å². The minimum Gasteiger partial charge on any atom is -0.467 e. The largest absolute Gasteiger partial charge is 0.467 e. The minimum absolute atomic E-state index is 0.0810. The molecule has 2 fully saturated rings. The Morgan fingerprint density at radius 2 is 2.26 bits per heavy atom. The van der Waals surface area contributed by atoms with Gasteiger partial charge < -0.3 is 19.5 Å². The SMILES string of the molecule is CC(C)(C)OC(=O)N(C1=C2OCOC2C=CC1)C1CCCNC1. The quantitative estimate of drug-likeness (QED) is 0.792. The van der Waals surface area contributed by atoms with E-state index in [0.717, 1.165) is 37.4 Å². The molecule has 0 bridgehead atoms. The van der Waals surface area contributed by atoms with E-state index in [2.05, 4.69) is 5.32 Å². The van der Waals surface area contributed by atoms with Crippen LogP contribution in [-0.2, 0) is 14.2 Å². The molecule has 2 saturated heterocycles. The van der Waals surface area contributed by atoms with Crippen LogP contribution in [0.25, 0.3) is 0 Å². The maximum Gasteiger partial charge on any atom is 0.414 e. The third-order valence-electron chi connectivity index (χ3n) is 4.14. The van der Waals surface area contributed by atoms with Crippen LogP contribution in [0.2, 0.25) is 0 Å². The Hall–Kier alpha value is -1.53. The van der Waals surface area contributed by atoms with E-state index in [1.165, 1.54) is 0 Å². The van der Waals surface area contributed by atoms with Gasteiger partial charge >= 0.3 is 6.09 Å². The van der Waals surface area contributed by atoms with Gasteiger partial charge in [0, 0.05) is 13.0 Å². The zero-order valence-electron chi connectivity index (χ0n) is 14.1. The summed E-state index contributed by atoms with van der Waals surface area (Å²) in [4.78, 5) is 14.7. The van der Waals surface area contributed by atoms with Crippen LogP contribution in [0.1, 0.15) is 40.0 Å². The van der Waals surface area contributed by atoms with Crippen molar-refractivity contribution in [3.05, 3.63) is 23.6 Å². The van der Waals surface area contributed by atoms with E-state index in [0.29, 0.717) is 6.42 Å². The number of allylic oxidation sites excluding steroid dienone is 1. The molecule has 2 atom stereocenters. The number of carbonyl (C=O) groups excluding carboxylic acids is 1. The second-order valence-corrected chi connectivity index (χ2v) is 7.14. The van der Waals surface area contributed by atoms with E-state index < -0.39 is 5.60 Å². The molecular weight excluding hydrogens is 296 g/mol. The van der Waals surface area contributed by atoms with Gasteiger partial charge in [0.1, 0.15) is 11.7 Å². The number of nitrogens with zero attached hydrogens (tertiary/aromatic N) is 1. The highest BCUT2D eigenvalue weighted by Crippen LogP contribution is 2.33. The van der Waals surface area contributed by atoms with Crippen LogP contribution in [0, 0.1) is 0 Å². The summed E-state index contributed by atoms with van der Waals surface area (Å²) in [7, 11) is 0. The van der Waals surface area contributed by atoms with Gasteiger partial charge in [0.15, 0.2) is 12.6 Å². The standard InChI is InChI=1S/C17H26N2O4/c1-17(2,3)23-16(20)19(12-6-5-9-18-10-12)13-7-4-8-14-15(13)22-11-21-14/h4,8,12,14,18H,5-7,9-11H2,1-3H3. The third kappa shape index (κ3) is 3.70. The molecule has 0 spiro atoms. The number of fused-ring (bicyclic) bond motifs is 1. The van der Waals surface area contributed by atoms with Gasteiger partial charge in [-0.05, 0) is 40.2 Å². The van der Waals surface area contributed by atoms with E-state index >= 15 is 0 Å². The average molecular weight is 322 g/mol. The second kappa shape index (κ2) is 6.53. The Kier molecular flexibility index (Phi) is 4.64. The van der Waals surface area contributed by atoms with Crippen molar-refractivity contribution in [1.82, 2.24) is 10.2 Å². The number of ether oxygens (including phenoxy) is 3. The molecule has 1 N–H and O–H groups in total. The molecule has 6 nitrogen and oxygen atoms in total. The van der Waals surface area contributed by atoms with Gasteiger partial charge in [-0.2, -0.15) is 0 Å². The summed E-state index contributed by atoms with van der Waals surface area (Å²) in [5.41, 5.74) is 0.345. The van der Waals surface area contributed by atoms with Crippen LogP contribution in [0.5, 0.6) is 0 Å². The summed E-state index contributed by atoms with van der Waals surface area (Å²) >= 11 is 0. The summed E-state index contributed by atoms with van der Waals surface area (Å²) in [6, 6.07) is 0.0810. The molecule has 1 aliphatic carbocycles. The first kappa shape index (κ1) is 16.3. The van der Waals surface area contributed by atoms with E-state index in [4.69, 9.17) is 14.2 Å². The van der Waals surface area contributed by atoms with Crippen molar-refractivity contribution in [2.24, 2.45) is 0 Å². The highest BCUT2D eigenvalue weighted by Gasteiger charge is 2.37. The van der Waals surface area contributed by atoms with Gasteiger partial charge in [-0.25, -0.2) is 4.79 Å². The summed E-state index contributed by atoms with van der Waals surface area (Å²) in [6.07, 6.45) is 6.19. The topological polar surface area (TPSA) is 60.0 Å². The van der Waals surface area contributed by atoms with Crippen LogP contribution in [-0.4, -0.2) is 48.6 Å².